The van der Waals surface area contributed by atoms with Crippen molar-refractivity contribution in [2.45, 2.75) is 38.9 Å². The van der Waals surface area contributed by atoms with Gasteiger partial charge in [0.1, 0.15) is 0 Å². The minimum Gasteiger partial charge on any atom is -0.370 e. The molecule has 52 valence electrons. The molecule has 0 spiro atoms. The minimum absolute atomic E-state index is 0.678. The molecule has 1 aliphatic heterocycles. The standard InChI is InChI=1S/C8H14O/c1-5(2)6-3-7-8(4-6)9-7/h5-8H,3-4H2,1-2H3/t6-,7+,8-. The maximum absolute atomic E-state index is 5.33. The molecule has 9 heavy (non-hydrogen) atoms. The molecule has 1 heterocycles. The molecule has 1 nitrogen and oxygen atoms in total. The first-order chi connectivity index (χ1) is 4.27. The van der Waals surface area contributed by atoms with Gasteiger partial charge in [0.15, 0.2) is 0 Å². The molecule has 2 fully saturated rings. The van der Waals surface area contributed by atoms with Crippen molar-refractivity contribution in [2.75, 3.05) is 0 Å². The summed E-state index contributed by atoms with van der Waals surface area (Å²) < 4.78 is 5.33. The molecular weight excluding hydrogens is 112 g/mol. The van der Waals surface area contributed by atoms with Crippen molar-refractivity contribution in [3.05, 3.63) is 0 Å². The second kappa shape index (κ2) is 1.72. The first kappa shape index (κ1) is 5.72. The number of rotatable bonds is 1. The molecule has 0 radical (unpaired) electrons. The van der Waals surface area contributed by atoms with Crippen molar-refractivity contribution in [2.24, 2.45) is 11.8 Å². The lowest BCUT2D eigenvalue weighted by atomic mass is 9.94. The van der Waals surface area contributed by atoms with Gasteiger partial charge < -0.3 is 4.74 Å². The van der Waals surface area contributed by atoms with Gasteiger partial charge in [-0.1, -0.05) is 13.8 Å². The Labute approximate surface area is 56.4 Å². The van der Waals surface area contributed by atoms with E-state index in [1.165, 1.54) is 12.8 Å². The number of epoxide rings is 1. The normalized spacial score (nSPS) is 47.7. The highest BCUT2D eigenvalue weighted by Crippen LogP contribution is 2.44. The first-order valence-electron chi connectivity index (χ1n) is 3.93. The highest BCUT2D eigenvalue weighted by molar-refractivity contribution is 4.96. The topological polar surface area (TPSA) is 12.5 Å². The van der Waals surface area contributed by atoms with Crippen molar-refractivity contribution in [1.29, 1.82) is 0 Å². The van der Waals surface area contributed by atoms with E-state index in [0.29, 0.717) is 12.2 Å². The Morgan fingerprint density at radius 3 is 2.11 bits per heavy atom. The molecule has 0 aromatic heterocycles. The van der Waals surface area contributed by atoms with E-state index in [-0.39, 0.29) is 0 Å². The van der Waals surface area contributed by atoms with Crippen LogP contribution in [0.4, 0.5) is 0 Å². The first-order valence-corrected chi connectivity index (χ1v) is 3.93. The van der Waals surface area contributed by atoms with Crippen molar-refractivity contribution < 1.29 is 4.74 Å². The predicted octanol–water partition coefficient (Wildman–Crippen LogP) is 1.82. The third-order valence-corrected chi connectivity index (χ3v) is 2.70. The quantitative estimate of drug-likeness (QED) is 0.488. The van der Waals surface area contributed by atoms with Crippen molar-refractivity contribution in [3.63, 3.8) is 0 Å². The fourth-order valence-electron chi connectivity index (χ4n) is 1.83. The average Bonchev–Trinajstić information content (AvgIpc) is 2.40. The van der Waals surface area contributed by atoms with Crippen LogP contribution in [0.1, 0.15) is 26.7 Å². The van der Waals surface area contributed by atoms with Crippen LogP contribution in [0.25, 0.3) is 0 Å². The molecule has 2 aliphatic rings. The van der Waals surface area contributed by atoms with Crippen LogP contribution in [0.2, 0.25) is 0 Å². The minimum atomic E-state index is 0.678. The van der Waals surface area contributed by atoms with E-state index in [2.05, 4.69) is 13.8 Å². The van der Waals surface area contributed by atoms with Gasteiger partial charge in [-0.3, -0.25) is 0 Å². The highest BCUT2D eigenvalue weighted by atomic mass is 16.6. The molecule has 1 saturated heterocycles. The zero-order valence-electron chi connectivity index (χ0n) is 6.13. The smallest absolute Gasteiger partial charge is 0.0844 e. The summed E-state index contributed by atoms with van der Waals surface area (Å²) in [5.74, 6) is 1.84. The van der Waals surface area contributed by atoms with Gasteiger partial charge >= 0.3 is 0 Å². The summed E-state index contributed by atoms with van der Waals surface area (Å²) in [5, 5.41) is 0. The molecule has 2 rings (SSSR count). The molecule has 0 unspecified atom stereocenters. The molecule has 1 aliphatic carbocycles. The van der Waals surface area contributed by atoms with Gasteiger partial charge in [-0.2, -0.15) is 0 Å². The van der Waals surface area contributed by atoms with Gasteiger partial charge in [0, 0.05) is 0 Å². The van der Waals surface area contributed by atoms with Gasteiger partial charge in [-0.15, -0.1) is 0 Å². The van der Waals surface area contributed by atoms with Crippen LogP contribution in [0.5, 0.6) is 0 Å². The Balaban J connectivity index is 1.90. The molecule has 1 heteroatoms. The van der Waals surface area contributed by atoms with Gasteiger partial charge in [-0.25, -0.2) is 0 Å². The highest BCUT2D eigenvalue weighted by Gasteiger charge is 2.48. The zero-order valence-corrected chi connectivity index (χ0v) is 6.13. The second-order valence-corrected chi connectivity index (χ2v) is 3.69. The van der Waals surface area contributed by atoms with Crippen LogP contribution in [-0.2, 0) is 4.74 Å². The maximum atomic E-state index is 5.33. The molecule has 0 N–H and O–H groups in total. The average molecular weight is 126 g/mol. The molecule has 0 aromatic carbocycles. The summed E-state index contributed by atoms with van der Waals surface area (Å²) >= 11 is 0. The van der Waals surface area contributed by atoms with E-state index < -0.39 is 0 Å². The zero-order chi connectivity index (χ0) is 6.43. The fourth-order valence-corrected chi connectivity index (χ4v) is 1.83. The molecule has 3 atom stereocenters. The van der Waals surface area contributed by atoms with E-state index in [4.69, 9.17) is 4.74 Å². The van der Waals surface area contributed by atoms with Crippen LogP contribution >= 0.6 is 0 Å². The van der Waals surface area contributed by atoms with E-state index >= 15 is 0 Å². The summed E-state index contributed by atoms with van der Waals surface area (Å²) in [6, 6.07) is 0. The monoisotopic (exact) mass is 126 g/mol. The van der Waals surface area contributed by atoms with Gasteiger partial charge in [-0.05, 0) is 24.7 Å². The number of fused-ring (bicyclic) bond motifs is 1. The second-order valence-electron chi connectivity index (χ2n) is 3.69. The largest absolute Gasteiger partial charge is 0.370 e. The molecule has 0 amide bonds. The molecule has 0 aromatic rings. The van der Waals surface area contributed by atoms with E-state index in [9.17, 15) is 0 Å². The SMILES string of the molecule is CC(C)[C@@H]1C[C@@H]2O[C@@H]2C1. The lowest BCUT2D eigenvalue weighted by molar-refractivity contribution is 0.236. The lowest BCUT2D eigenvalue weighted by Gasteiger charge is -2.14. The molecular formula is C8H14O. The Bertz CT molecular complexity index is 110. The third-order valence-electron chi connectivity index (χ3n) is 2.70. The molecule has 1 saturated carbocycles. The van der Waals surface area contributed by atoms with Crippen molar-refractivity contribution >= 4 is 0 Å². The van der Waals surface area contributed by atoms with E-state index in [1.54, 1.807) is 0 Å². The Morgan fingerprint density at radius 2 is 1.78 bits per heavy atom. The van der Waals surface area contributed by atoms with Gasteiger partial charge in [0.05, 0.1) is 12.2 Å². The Hall–Kier alpha value is -0.0400. The number of hydrogen-bond acceptors (Lipinski definition) is 1. The molecule has 0 bridgehead atoms. The van der Waals surface area contributed by atoms with Gasteiger partial charge in [0.25, 0.3) is 0 Å². The van der Waals surface area contributed by atoms with Crippen LogP contribution in [0, 0.1) is 11.8 Å². The van der Waals surface area contributed by atoms with Crippen molar-refractivity contribution in [1.82, 2.24) is 0 Å². The van der Waals surface area contributed by atoms with E-state index in [0.717, 1.165) is 11.8 Å². The van der Waals surface area contributed by atoms with E-state index in [1.807, 2.05) is 0 Å². The fraction of sp³-hybridized carbons (Fsp3) is 1.00. The summed E-state index contributed by atoms with van der Waals surface area (Å²) in [7, 11) is 0. The lowest BCUT2D eigenvalue weighted by Crippen LogP contribution is -2.06. The third kappa shape index (κ3) is 0.877. The summed E-state index contributed by atoms with van der Waals surface area (Å²) in [5.41, 5.74) is 0. The van der Waals surface area contributed by atoms with Crippen LogP contribution < -0.4 is 0 Å². The van der Waals surface area contributed by atoms with Crippen molar-refractivity contribution in [3.8, 4) is 0 Å². The summed E-state index contributed by atoms with van der Waals surface area (Å²) in [4.78, 5) is 0. The van der Waals surface area contributed by atoms with Crippen LogP contribution in [0.3, 0.4) is 0 Å². The summed E-state index contributed by atoms with van der Waals surface area (Å²) in [6.45, 7) is 4.63. The summed E-state index contributed by atoms with van der Waals surface area (Å²) in [6.07, 6.45) is 4.03. The number of hydrogen-bond donors (Lipinski definition) is 0. The van der Waals surface area contributed by atoms with Gasteiger partial charge in [0.2, 0.25) is 0 Å². The number of ether oxygens (including phenoxy) is 1. The maximum Gasteiger partial charge on any atom is 0.0844 e. The Morgan fingerprint density at radius 1 is 1.22 bits per heavy atom. The van der Waals surface area contributed by atoms with Crippen LogP contribution in [-0.4, -0.2) is 12.2 Å². The predicted molar refractivity (Wildman–Crippen MR) is 36.2 cm³/mol. The van der Waals surface area contributed by atoms with Crippen LogP contribution in [0.15, 0.2) is 0 Å². The Kier molecular flexibility index (Phi) is 1.10.